The lowest BCUT2D eigenvalue weighted by atomic mass is 10.2. The summed E-state index contributed by atoms with van der Waals surface area (Å²) in [5, 5.41) is 7.14. The highest BCUT2D eigenvalue weighted by Crippen LogP contribution is 2.26. The lowest BCUT2D eigenvalue weighted by Crippen LogP contribution is -2.10. The Morgan fingerprint density at radius 2 is 1.68 bits per heavy atom. The van der Waals surface area contributed by atoms with Crippen molar-refractivity contribution in [3.05, 3.63) is 65.7 Å². The summed E-state index contributed by atoms with van der Waals surface area (Å²) in [6.07, 6.45) is 0. The topological polar surface area (TPSA) is 59.1 Å². The van der Waals surface area contributed by atoms with Gasteiger partial charge in [0, 0.05) is 25.3 Å². The Morgan fingerprint density at radius 1 is 0.960 bits per heavy atom. The second-order valence-corrected chi connectivity index (χ2v) is 5.76. The third-order valence-electron chi connectivity index (χ3n) is 3.51. The molecule has 0 aliphatic heterocycles. The molecule has 5 nitrogen and oxygen atoms in total. The van der Waals surface area contributed by atoms with Crippen LogP contribution in [-0.4, -0.2) is 30.2 Å². The summed E-state index contributed by atoms with van der Waals surface area (Å²) in [6, 6.07) is 19.3. The number of anilines is 3. The Labute approximate surface area is 152 Å². The molecule has 0 spiro atoms. The maximum atomic E-state index is 6.24. The third kappa shape index (κ3) is 4.68. The number of aromatic nitrogens is 2. The molecular formula is C19H19ClN4O. The molecule has 6 heteroatoms. The van der Waals surface area contributed by atoms with Gasteiger partial charge in [-0.05, 0) is 12.1 Å². The number of nitrogens with zero attached hydrogens (tertiary/aromatic N) is 2. The zero-order chi connectivity index (χ0) is 17.5. The van der Waals surface area contributed by atoms with Crippen LogP contribution < -0.4 is 10.6 Å². The fourth-order valence-corrected chi connectivity index (χ4v) is 2.48. The molecule has 1 heterocycles. The van der Waals surface area contributed by atoms with Crippen molar-refractivity contribution in [1.29, 1.82) is 0 Å². The van der Waals surface area contributed by atoms with Crippen molar-refractivity contribution in [3.8, 4) is 11.4 Å². The minimum Gasteiger partial charge on any atom is -0.383 e. The Hall–Kier alpha value is -2.63. The molecule has 0 radical (unpaired) electrons. The molecule has 0 saturated carbocycles. The maximum absolute atomic E-state index is 6.24. The Balaban J connectivity index is 1.93. The van der Waals surface area contributed by atoms with E-state index in [4.69, 9.17) is 16.3 Å². The van der Waals surface area contributed by atoms with Gasteiger partial charge in [-0.1, -0.05) is 54.1 Å². The normalized spacial score (nSPS) is 10.5. The van der Waals surface area contributed by atoms with Crippen LogP contribution in [0.5, 0.6) is 0 Å². The number of rotatable bonds is 7. The fraction of sp³-hybridized carbons (Fsp3) is 0.158. The summed E-state index contributed by atoms with van der Waals surface area (Å²) in [4.78, 5) is 9.20. The number of benzene rings is 2. The molecule has 25 heavy (non-hydrogen) atoms. The zero-order valence-corrected chi connectivity index (χ0v) is 14.6. The van der Waals surface area contributed by atoms with Crippen molar-refractivity contribution in [2.24, 2.45) is 0 Å². The van der Waals surface area contributed by atoms with Crippen molar-refractivity contribution >= 4 is 28.9 Å². The van der Waals surface area contributed by atoms with Crippen LogP contribution in [0.3, 0.4) is 0 Å². The number of methoxy groups -OCH3 is 1. The molecule has 0 aliphatic carbocycles. The van der Waals surface area contributed by atoms with E-state index in [1.165, 1.54) is 0 Å². The molecule has 0 bridgehead atoms. The van der Waals surface area contributed by atoms with Crippen molar-refractivity contribution in [3.63, 3.8) is 0 Å². The van der Waals surface area contributed by atoms with Crippen molar-refractivity contribution in [1.82, 2.24) is 9.97 Å². The van der Waals surface area contributed by atoms with E-state index in [2.05, 4.69) is 20.6 Å². The minimum atomic E-state index is 0.595. The van der Waals surface area contributed by atoms with Crippen molar-refractivity contribution in [2.45, 2.75) is 0 Å². The number of nitrogens with one attached hydrogen (secondary N) is 2. The van der Waals surface area contributed by atoms with E-state index in [1.54, 1.807) is 7.11 Å². The number of para-hydroxylation sites is 1. The predicted octanol–water partition coefficient (Wildman–Crippen LogP) is 4.60. The first-order valence-corrected chi connectivity index (χ1v) is 8.33. The monoisotopic (exact) mass is 354 g/mol. The molecule has 3 aromatic rings. The third-order valence-corrected chi connectivity index (χ3v) is 3.84. The Kier molecular flexibility index (Phi) is 5.82. The van der Waals surface area contributed by atoms with Gasteiger partial charge in [0.25, 0.3) is 0 Å². The second-order valence-electron chi connectivity index (χ2n) is 5.35. The van der Waals surface area contributed by atoms with Gasteiger partial charge < -0.3 is 15.4 Å². The van der Waals surface area contributed by atoms with E-state index in [0.29, 0.717) is 29.8 Å². The summed E-state index contributed by atoms with van der Waals surface area (Å²) in [6.45, 7) is 1.26. The standard InChI is InChI=1S/C19H19ClN4O/c1-25-12-11-21-17-13-18(22-16-10-6-5-9-15(16)20)24-19(23-17)14-7-3-2-4-8-14/h2-10,13H,11-12H2,1H3,(H2,21,22,23,24). The SMILES string of the molecule is COCCNc1cc(Nc2ccccc2Cl)nc(-c2ccccc2)n1. The summed E-state index contributed by atoms with van der Waals surface area (Å²) in [5.41, 5.74) is 1.74. The van der Waals surface area contributed by atoms with Gasteiger partial charge in [0.15, 0.2) is 5.82 Å². The number of hydrogen-bond donors (Lipinski definition) is 2. The fourth-order valence-electron chi connectivity index (χ4n) is 2.30. The molecule has 2 aromatic carbocycles. The Morgan fingerprint density at radius 3 is 2.44 bits per heavy atom. The van der Waals surface area contributed by atoms with E-state index < -0.39 is 0 Å². The lowest BCUT2D eigenvalue weighted by Gasteiger charge is -2.12. The smallest absolute Gasteiger partial charge is 0.163 e. The number of ether oxygens (including phenoxy) is 1. The average molecular weight is 355 g/mol. The maximum Gasteiger partial charge on any atom is 0.163 e. The van der Waals surface area contributed by atoms with Crippen LogP contribution in [-0.2, 0) is 4.74 Å². The molecule has 0 unspecified atom stereocenters. The molecule has 1 aromatic heterocycles. The van der Waals surface area contributed by atoms with Gasteiger partial charge in [0.1, 0.15) is 11.6 Å². The molecule has 2 N–H and O–H groups in total. The van der Waals surface area contributed by atoms with Gasteiger partial charge in [-0.15, -0.1) is 0 Å². The van der Waals surface area contributed by atoms with E-state index in [1.807, 2.05) is 60.7 Å². The summed E-state index contributed by atoms with van der Waals surface area (Å²) in [7, 11) is 1.67. The summed E-state index contributed by atoms with van der Waals surface area (Å²) in [5.74, 6) is 2.03. The Bertz CT molecular complexity index is 827. The lowest BCUT2D eigenvalue weighted by molar-refractivity contribution is 0.210. The largest absolute Gasteiger partial charge is 0.383 e. The second kappa shape index (κ2) is 8.46. The van der Waals surface area contributed by atoms with Crippen molar-refractivity contribution in [2.75, 3.05) is 30.9 Å². The molecule has 0 amide bonds. The number of hydrogen-bond acceptors (Lipinski definition) is 5. The van der Waals surface area contributed by atoms with Crippen LogP contribution in [0.25, 0.3) is 11.4 Å². The van der Waals surface area contributed by atoms with Gasteiger partial charge in [-0.3, -0.25) is 0 Å². The summed E-state index contributed by atoms with van der Waals surface area (Å²) < 4.78 is 5.08. The molecule has 0 atom stereocenters. The van der Waals surface area contributed by atoms with E-state index in [9.17, 15) is 0 Å². The first-order valence-electron chi connectivity index (χ1n) is 7.95. The van der Waals surface area contributed by atoms with Gasteiger partial charge in [0.2, 0.25) is 0 Å². The summed E-state index contributed by atoms with van der Waals surface area (Å²) >= 11 is 6.24. The van der Waals surface area contributed by atoms with Crippen LogP contribution in [0.15, 0.2) is 60.7 Å². The van der Waals surface area contributed by atoms with Crippen LogP contribution in [0.4, 0.5) is 17.3 Å². The first-order chi connectivity index (χ1) is 12.3. The molecule has 0 aliphatic rings. The average Bonchev–Trinajstić information content (AvgIpc) is 2.64. The van der Waals surface area contributed by atoms with E-state index >= 15 is 0 Å². The minimum absolute atomic E-state index is 0.595. The van der Waals surface area contributed by atoms with Crippen LogP contribution in [0.1, 0.15) is 0 Å². The van der Waals surface area contributed by atoms with E-state index in [-0.39, 0.29) is 0 Å². The van der Waals surface area contributed by atoms with Gasteiger partial charge in [0.05, 0.1) is 17.3 Å². The first kappa shape index (κ1) is 17.2. The quantitative estimate of drug-likeness (QED) is 0.607. The highest BCUT2D eigenvalue weighted by atomic mass is 35.5. The van der Waals surface area contributed by atoms with E-state index in [0.717, 1.165) is 17.1 Å². The molecule has 0 saturated heterocycles. The van der Waals surface area contributed by atoms with Gasteiger partial charge >= 0.3 is 0 Å². The highest BCUT2D eigenvalue weighted by Gasteiger charge is 2.08. The van der Waals surface area contributed by atoms with Gasteiger partial charge in [-0.25, -0.2) is 9.97 Å². The molecule has 3 rings (SSSR count). The van der Waals surface area contributed by atoms with Crippen LogP contribution >= 0.6 is 11.6 Å². The molecule has 128 valence electrons. The zero-order valence-electron chi connectivity index (χ0n) is 13.9. The predicted molar refractivity (Wildman–Crippen MR) is 103 cm³/mol. The van der Waals surface area contributed by atoms with Crippen molar-refractivity contribution < 1.29 is 4.74 Å². The number of halogens is 1. The van der Waals surface area contributed by atoms with Crippen LogP contribution in [0, 0.1) is 0 Å². The molecular weight excluding hydrogens is 336 g/mol. The highest BCUT2D eigenvalue weighted by molar-refractivity contribution is 6.33. The van der Waals surface area contributed by atoms with Gasteiger partial charge in [-0.2, -0.15) is 0 Å². The molecule has 0 fully saturated rings. The van der Waals surface area contributed by atoms with Crippen LogP contribution in [0.2, 0.25) is 5.02 Å².